The van der Waals surface area contributed by atoms with Crippen molar-refractivity contribution in [3.63, 3.8) is 0 Å². The molecule has 2 aliphatic rings. The van der Waals surface area contributed by atoms with Crippen LogP contribution in [-0.2, 0) is 11.2 Å². The van der Waals surface area contributed by atoms with E-state index in [0.29, 0.717) is 22.9 Å². The topological polar surface area (TPSA) is 154 Å². The highest BCUT2D eigenvalue weighted by Crippen LogP contribution is 2.57. The molecule has 4 aromatic rings. The van der Waals surface area contributed by atoms with Crippen LogP contribution >= 0.6 is 0 Å². The second kappa shape index (κ2) is 10.7. The number of carbonyl (C=O) groups is 2. The number of nitrogens with zero attached hydrogens (tertiary/aromatic N) is 4. The van der Waals surface area contributed by atoms with Gasteiger partial charge >= 0.3 is 0 Å². The van der Waals surface area contributed by atoms with Gasteiger partial charge in [0.2, 0.25) is 5.91 Å². The molecule has 1 aromatic carbocycles. The number of pyridine rings is 1. The molecule has 0 atom stereocenters. The fourth-order valence-electron chi connectivity index (χ4n) is 5.95. The molecule has 0 radical (unpaired) electrons. The minimum Gasteiger partial charge on any atom is -0.490 e. The van der Waals surface area contributed by atoms with Crippen LogP contribution in [0, 0.1) is 5.41 Å². The highest BCUT2D eigenvalue weighted by molar-refractivity contribution is 5.96. The van der Waals surface area contributed by atoms with E-state index < -0.39 is 11.5 Å². The molecular formula is C31H34N6O5. The number of nitrogens with one attached hydrogen (secondary N) is 1. The summed E-state index contributed by atoms with van der Waals surface area (Å²) in [5.74, 6) is 1.00. The normalized spacial score (nSPS) is 21.4. The Balaban J connectivity index is 0.998. The molecule has 2 fully saturated rings. The van der Waals surface area contributed by atoms with Gasteiger partial charge in [0.25, 0.3) is 5.91 Å². The van der Waals surface area contributed by atoms with Gasteiger partial charge in [0, 0.05) is 29.6 Å². The van der Waals surface area contributed by atoms with Gasteiger partial charge in [0.1, 0.15) is 18.1 Å². The van der Waals surface area contributed by atoms with E-state index in [1.807, 2.05) is 12.1 Å². The van der Waals surface area contributed by atoms with Crippen LogP contribution in [0.15, 0.2) is 61.2 Å². The van der Waals surface area contributed by atoms with Gasteiger partial charge in [-0.3, -0.25) is 9.59 Å². The summed E-state index contributed by atoms with van der Waals surface area (Å²) < 4.78 is 13.5. The molecule has 1 spiro atoms. The Morgan fingerprint density at radius 3 is 2.62 bits per heavy atom. The average molecular weight is 571 g/mol. The van der Waals surface area contributed by atoms with Crippen molar-refractivity contribution < 1.29 is 24.2 Å². The third-order valence-electron chi connectivity index (χ3n) is 7.92. The summed E-state index contributed by atoms with van der Waals surface area (Å²) in [6.45, 7) is 3.53. The van der Waals surface area contributed by atoms with Gasteiger partial charge in [-0.05, 0) is 75.3 Å². The Morgan fingerprint density at radius 2 is 1.90 bits per heavy atom. The minimum atomic E-state index is -0.936. The van der Waals surface area contributed by atoms with Gasteiger partial charge in [-0.1, -0.05) is 6.07 Å². The molecule has 2 amide bonds. The van der Waals surface area contributed by atoms with Crippen LogP contribution in [0.1, 0.15) is 55.5 Å². The summed E-state index contributed by atoms with van der Waals surface area (Å²) >= 11 is 0. The van der Waals surface area contributed by atoms with Crippen molar-refractivity contribution in [2.45, 2.75) is 63.7 Å². The second-order valence-corrected chi connectivity index (χ2v) is 12.1. The molecule has 218 valence electrons. The third kappa shape index (κ3) is 5.91. The zero-order valence-corrected chi connectivity index (χ0v) is 23.6. The number of primary amides is 1. The first-order chi connectivity index (χ1) is 20.1. The highest BCUT2D eigenvalue weighted by atomic mass is 16.5. The van der Waals surface area contributed by atoms with Crippen molar-refractivity contribution in [2.75, 3.05) is 6.61 Å². The number of aliphatic hydroxyl groups is 1. The third-order valence-corrected chi connectivity index (χ3v) is 7.92. The van der Waals surface area contributed by atoms with Crippen LogP contribution in [0.3, 0.4) is 0 Å². The Kier molecular flexibility index (Phi) is 7.05. The molecule has 2 saturated carbocycles. The number of amides is 2. The number of hydrogen-bond donors (Lipinski definition) is 3. The summed E-state index contributed by atoms with van der Waals surface area (Å²) in [7, 11) is 0. The second-order valence-electron chi connectivity index (χ2n) is 12.1. The van der Waals surface area contributed by atoms with Crippen LogP contribution in [0.5, 0.6) is 11.5 Å². The van der Waals surface area contributed by atoms with Gasteiger partial charge in [-0.15, -0.1) is 0 Å². The SMILES string of the molecule is CC(C)(O)COc1ccc2c(CC(=O)NC3CC4(C3)CC(Oc3cc(-c5ncccn5)ccc3C(N)=O)C4)cnn2c1. The molecule has 3 heterocycles. The molecule has 3 aromatic heterocycles. The van der Waals surface area contributed by atoms with Crippen molar-refractivity contribution in [2.24, 2.45) is 11.1 Å². The summed E-state index contributed by atoms with van der Waals surface area (Å²) in [6.07, 6.45) is 10.5. The molecule has 4 N–H and O–H groups in total. The predicted octanol–water partition coefficient (Wildman–Crippen LogP) is 3.09. The molecule has 2 aliphatic carbocycles. The molecule has 0 aliphatic heterocycles. The summed E-state index contributed by atoms with van der Waals surface area (Å²) in [4.78, 5) is 33.4. The lowest BCUT2D eigenvalue weighted by atomic mass is 9.53. The average Bonchev–Trinajstić information content (AvgIpc) is 3.31. The van der Waals surface area contributed by atoms with E-state index in [0.717, 1.165) is 42.3 Å². The van der Waals surface area contributed by atoms with E-state index in [4.69, 9.17) is 15.2 Å². The molecular weight excluding hydrogens is 536 g/mol. The van der Waals surface area contributed by atoms with Crippen LogP contribution in [0.25, 0.3) is 16.9 Å². The molecule has 11 heteroatoms. The zero-order valence-electron chi connectivity index (χ0n) is 23.6. The molecule has 0 bridgehead atoms. The van der Waals surface area contributed by atoms with Gasteiger partial charge in [-0.2, -0.15) is 5.10 Å². The zero-order chi connectivity index (χ0) is 29.5. The largest absolute Gasteiger partial charge is 0.490 e. The van der Waals surface area contributed by atoms with E-state index in [2.05, 4.69) is 20.4 Å². The van der Waals surface area contributed by atoms with Crippen LogP contribution in [0.2, 0.25) is 0 Å². The number of carbonyl (C=O) groups excluding carboxylic acids is 2. The van der Waals surface area contributed by atoms with E-state index in [-0.39, 0.29) is 36.5 Å². The predicted molar refractivity (Wildman–Crippen MR) is 154 cm³/mol. The number of rotatable bonds is 10. The van der Waals surface area contributed by atoms with Crippen LogP contribution < -0.4 is 20.5 Å². The summed E-state index contributed by atoms with van der Waals surface area (Å²) in [5.41, 5.74) is 7.57. The van der Waals surface area contributed by atoms with Crippen molar-refractivity contribution in [1.29, 1.82) is 0 Å². The smallest absolute Gasteiger partial charge is 0.252 e. The number of ether oxygens (including phenoxy) is 2. The maximum absolute atomic E-state index is 12.8. The quantitative estimate of drug-likeness (QED) is 0.263. The first-order valence-corrected chi connectivity index (χ1v) is 14.0. The molecule has 11 nitrogen and oxygen atoms in total. The molecule has 0 unspecified atom stereocenters. The van der Waals surface area contributed by atoms with Gasteiger partial charge in [-0.25, -0.2) is 14.5 Å². The van der Waals surface area contributed by atoms with E-state index >= 15 is 0 Å². The van der Waals surface area contributed by atoms with Crippen molar-refractivity contribution >= 4 is 17.3 Å². The van der Waals surface area contributed by atoms with E-state index in [9.17, 15) is 14.7 Å². The van der Waals surface area contributed by atoms with Crippen LogP contribution in [0.4, 0.5) is 0 Å². The molecule has 0 saturated heterocycles. The van der Waals surface area contributed by atoms with Crippen molar-refractivity contribution in [3.8, 4) is 22.9 Å². The van der Waals surface area contributed by atoms with Gasteiger partial charge in [0.05, 0.1) is 41.6 Å². The fraction of sp³-hybridized carbons (Fsp3) is 0.387. The molecule has 42 heavy (non-hydrogen) atoms. The Hall–Kier alpha value is -4.51. The Bertz CT molecular complexity index is 1620. The fourth-order valence-corrected chi connectivity index (χ4v) is 5.95. The lowest BCUT2D eigenvalue weighted by Crippen LogP contribution is -2.59. The first-order valence-electron chi connectivity index (χ1n) is 14.0. The summed E-state index contributed by atoms with van der Waals surface area (Å²) in [6, 6.07) is 10.7. The van der Waals surface area contributed by atoms with Crippen molar-refractivity contribution in [3.05, 3.63) is 72.3 Å². The monoisotopic (exact) mass is 570 g/mol. The number of aromatic nitrogens is 4. The lowest BCUT2D eigenvalue weighted by Gasteiger charge is -2.57. The lowest BCUT2D eigenvalue weighted by molar-refractivity contribution is -0.126. The minimum absolute atomic E-state index is 0.0252. The molecule has 6 rings (SSSR count). The van der Waals surface area contributed by atoms with Crippen LogP contribution in [-0.4, -0.2) is 60.9 Å². The Labute approximate surface area is 243 Å². The first kappa shape index (κ1) is 27.6. The van der Waals surface area contributed by atoms with Gasteiger partial charge in [0.15, 0.2) is 5.82 Å². The van der Waals surface area contributed by atoms with Crippen molar-refractivity contribution in [1.82, 2.24) is 24.9 Å². The Morgan fingerprint density at radius 1 is 1.14 bits per heavy atom. The number of fused-ring (bicyclic) bond motifs is 1. The van der Waals surface area contributed by atoms with E-state index in [1.54, 1.807) is 67.4 Å². The number of hydrogen-bond acceptors (Lipinski definition) is 8. The van der Waals surface area contributed by atoms with E-state index in [1.165, 1.54) is 0 Å². The number of nitrogens with two attached hydrogens (primary N) is 1. The maximum atomic E-state index is 12.8. The number of benzene rings is 1. The standard InChI is InChI=1S/C31H34N6O5/c1-30(2,40)18-41-22-5-7-25-20(16-35-37(25)17-22)11-27(38)36-21-12-31(13-21)14-23(15-31)42-26-10-19(4-6-24(26)28(32)39)29-33-8-3-9-34-29/h3-10,16-17,21,23,40H,11-15,18H2,1-2H3,(H2,32,39)(H,36,38). The highest BCUT2D eigenvalue weighted by Gasteiger charge is 2.54. The van der Waals surface area contributed by atoms with Gasteiger partial charge < -0.3 is 25.6 Å². The maximum Gasteiger partial charge on any atom is 0.252 e. The summed E-state index contributed by atoms with van der Waals surface area (Å²) in [5, 5.41) is 17.4.